The third-order valence-electron chi connectivity index (χ3n) is 3.75. The van der Waals surface area contributed by atoms with E-state index in [1.807, 2.05) is 24.1 Å². The quantitative estimate of drug-likeness (QED) is 0.289. The second-order valence-corrected chi connectivity index (χ2v) is 8.48. The van der Waals surface area contributed by atoms with E-state index >= 15 is 0 Å². The number of sulfone groups is 1. The van der Waals surface area contributed by atoms with Gasteiger partial charge in [0.25, 0.3) is 0 Å². The van der Waals surface area contributed by atoms with Crippen molar-refractivity contribution in [2.45, 2.75) is 38.1 Å². The predicted octanol–water partition coefficient (Wildman–Crippen LogP) is 0.560. The first kappa shape index (κ1) is 20.1. The molecule has 1 aliphatic heterocycles. The van der Waals surface area contributed by atoms with Gasteiger partial charge in [-0.15, -0.1) is 0 Å². The van der Waals surface area contributed by atoms with Gasteiger partial charge in [-0.2, -0.15) is 0 Å². The van der Waals surface area contributed by atoms with Crippen LogP contribution >= 0.6 is 12.2 Å². The molecule has 7 nitrogen and oxygen atoms in total. The number of rotatable bonds is 8. The molecule has 0 saturated carbocycles. The van der Waals surface area contributed by atoms with Crippen molar-refractivity contribution in [2.75, 3.05) is 39.3 Å². The highest BCUT2D eigenvalue weighted by molar-refractivity contribution is 7.91. The Balaban J connectivity index is 2.34. The highest BCUT2D eigenvalue weighted by Gasteiger charge is 2.34. The molecule has 0 radical (unpaired) electrons. The summed E-state index contributed by atoms with van der Waals surface area (Å²) in [4.78, 5) is 11.0. The van der Waals surface area contributed by atoms with Crippen LogP contribution in [0.5, 0.6) is 0 Å². The lowest BCUT2D eigenvalue weighted by molar-refractivity contribution is -0.140. The molecule has 1 fully saturated rings. The van der Waals surface area contributed by atoms with E-state index in [0.717, 1.165) is 19.3 Å². The SMILES string of the molecule is COC(=O)CCCCCNC(=S)N([C@@H]1CCS(=O)(=O)C1)N(C)C. The summed E-state index contributed by atoms with van der Waals surface area (Å²) in [5, 5.41) is 7.39. The van der Waals surface area contributed by atoms with E-state index in [0.29, 0.717) is 24.5 Å². The molecule has 134 valence electrons. The lowest BCUT2D eigenvalue weighted by Crippen LogP contribution is -2.53. The third-order valence-corrected chi connectivity index (χ3v) is 5.84. The zero-order valence-corrected chi connectivity index (χ0v) is 15.7. The summed E-state index contributed by atoms with van der Waals surface area (Å²) < 4.78 is 27.9. The molecule has 9 heteroatoms. The molecular formula is C14H27N3O4S2. The Kier molecular flexibility index (Phi) is 8.21. The lowest BCUT2D eigenvalue weighted by atomic mass is 10.2. The van der Waals surface area contributed by atoms with E-state index in [2.05, 4.69) is 10.1 Å². The summed E-state index contributed by atoms with van der Waals surface area (Å²) in [7, 11) is 2.15. The number of hydrazine groups is 1. The Hall–Kier alpha value is -0.930. The van der Waals surface area contributed by atoms with Crippen LogP contribution in [0.25, 0.3) is 0 Å². The molecule has 0 spiro atoms. The maximum atomic E-state index is 11.7. The number of nitrogens with one attached hydrogen (secondary N) is 1. The fourth-order valence-corrected chi connectivity index (χ4v) is 4.70. The van der Waals surface area contributed by atoms with Crippen LogP contribution in [-0.2, 0) is 19.4 Å². The molecule has 1 atom stereocenters. The molecule has 23 heavy (non-hydrogen) atoms. The van der Waals surface area contributed by atoms with E-state index in [-0.39, 0.29) is 23.5 Å². The number of nitrogens with zero attached hydrogens (tertiary/aromatic N) is 2. The lowest BCUT2D eigenvalue weighted by Gasteiger charge is -2.36. The minimum absolute atomic E-state index is 0.102. The Morgan fingerprint density at radius 3 is 2.52 bits per heavy atom. The Labute approximate surface area is 144 Å². The summed E-state index contributed by atoms with van der Waals surface area (Å²) >= 11 is 5.41. The van der Waals surface area contributed by atoms with Crippen LogP contribution in [0.3, 0.4) is 0 Å². The Morgan fingerprint density at radius 1 is 1.30 bits per heavy atom. The molecule has 0 aliphatic carbocycles. The minimum atomic E-state index is -2.95. The number of unbranched alkanes of at least 4 members (excludes halogenated alkanes) is 2. The number of methoxy groups -OCH3 is 1. The molecule has 1 aliphatic rings. The summed E-state index contributed by atoms with van der Waals surface area (Å²) in [6.07, 6.45) is 3.62. The van der Waals surface area contributed by atoms with Crippen molar-refractivity contribution in [1.82, 2.24) is 15.3 Å². The van der Waals surface area contributed by atoms with Crippen LogP contribution in [-0.4, -0.2) is 74.8 Å². The molecule has 1 N–H and O–H groups in total. The average molecular weight is 366 g/mol. The van der Waals surface area contributed by atoms with E-state index in [1.54, 1.807) is 0 Å². The van der Waals surface area contributed by atoms with Crippen LogP contribution in [0, 0.1) is 0 Å². The van der Waals surface area contributed by atoms with Crippen LogP contribution in [0.1, 0.15) is 32.1 Å². The molecule has 1 heterocycles. The van der Waals surface area contributed by atoms with Crippen molar-refractivity contribution >= 4 is 33.1 Å². The van der Waals surface area contributed by atoms with Gasteiger partial charge in [-0.3, -0.25) is 9.80 Å². The number of carbonyl (C=O) groups excluding carboxylic acids is 1. The summed E-state index contributed by atoms with van der Waals surface area (Å²) in [5.74, 6) is 0.180. The monoisotopic (exact) mass is 365 g/mol. The molecular weight excluding hydrogens is 338 g/mol. The average Bonchev–Trinajstić information content (AvgIpc) is 2.81. The van der Waals surface area contributed by atoms with Gasteiger partial charge in [0.15, 0.2) is 14.9 Å². The van der Waals surface area contributed by atoms with Crippen LogP contribution in [0.2, 0.25) is 0 Å². The molecule has 0 unspecified atom stereocenters. The number of hydrogen-bond donors (Lipinski definition) is 1. The van der Waals surface area contributed by atoms with Crippen molar-refractivity contribution in [3.05, 3.63) is 0 Å². The van der Waals surface area contributed by atoms with E-state index in [9.17, 15) is 13.2 Å². The van der Waals surface area contributed by atoms with Crippen molar-refractivity contribution in [3.63, 3.8) is 0 Å². The van der Waals surface area contributed by atoms with Crippen LogP contribution < -0.4 is 5.32 Å². The van der Waals surface area contributed by atoms with Crippen molar-refractivity contribution < 1.29 is 17.9 Å². The molecule has 1 rings (SSSR count). The second-order valence-electron chi connectivity index (χ2n) is 5.87. The van der Waals surface area contributed by atoms with E-state index < -0.39 is 9.84 Å². The predicted molar refractivity (Wildman–Crippen MR) is 93.7 cm³/mol. The number of thiocarbonyl (C=S) groups is 1. The van der Waals surface area contributed by atoms with E-state index in [4.69, 9.17) is 12.2 Å². The highest BCUT2D eigenvalue weighted by atomic mass is 32.2. The van der Waals surface area contributed by atoms with Gasteiger partial charge >= 0.3 is 5.97 Å². The van der Waals surface area contributed by atoms with Crippen molar-refractivity contribution in [3.8, 4) is 0 Å². The first-order valence-corrected chi connectivity index (χ1v) is 10.0. The van der Waals surface area contributed by atoms with Gasteiger partial charge in [-0.1, -0.05) is 6.42 Å². The fourth-order valence-electron chi connectivity index (χ4n) is 2.59. The topological polar surface area (TPSA) is 79.0 Å². The van der Waals surface area contributed by atoms with Crippen LogP contribution in [0.15, 0.2) is 0 Å². The first-order valence-electron chi connectivity index (χ1n) is 7.78. The zero-order valence-electron chi connectivity index (χ0n) is 14.1. The number of esters is 1. The zero-order chi connectivity index (χ0) is 17.5. The maximum Gasteiger partial charge on any atom is 0.305 e. The summed E-state index contributed by atoms with van der Waals surface area (Å²) in [6, 6.07) is -0.102. The first-order chi connectivity index (χ1) is 10.8. The van der Waals surface area contributed by atoms with Gasteiger partial charge in [0.2, 0.25) is 0 Å². The summed E-state index contributed by atoms with van der Waals surface area (Å²) in [6.45, 7) is 0.698. The molecule has 0 bridgehead atoms. The van der Waals surface area contributed by atoms with Gasteiger partial charge in [-0.05, 0) is 31.5 Å². The van der Waals surface area contributed by atoms with Gasteiger partial charge in [0.1, 0.15) is 0 Å². The fraction of sp³-hybridized carbons (Fsp3) is 0.857. The Bertz CT molecular complexity index is 508. The van der Waals surface area contributed by atoms with Crippen molar-refractivity contribution in [2.24, 2.45) is 0 Å². The molecule has 1 saturated heterocycles. The summed E-state index contributed by atoms with van der Waals surface area (Å²) in [5.41, 5.74) is 0. The minimum Gasteiger partial charge on any atom is -0.469 e. The van der Waals surface area contributed by atoms with Gasteiger partial charge in [0.05, 0.1) is 24.7 Å². The standard InChI is InChI=1S/C14H27N3O4S2/c1-16(2)17(12-8-10-23(19,20)11-12)14(22)15-9-6-4-5-7-13(18)21-3/h12H,4-11H2,1-3H3,(H,15,22)/t12-/m1/s1. The van der Waals surface area contributed by atoms with Crippen LogP contribution in [0.4, 0.5) is 0 Å². The molecule has 0 aromatic rings. The van der Waals surface area contributed by atoms with E-state index in [1.165, 1.54) is 7.11 Å². The number of carbonyl (C=O) groups is 1. The highest BCUT2D eigenvalue weighted by Crippen LogP contribution is 2.18. The maximum absolute atomic E-state index is 11.7. The number of hydrogen-bond acceptors (Lipinski definition) is 6. The van der Waals surface area contributed by atoms with Gasteiger partial charge in [-0.25, -0.2) is 13.4 Å². The largest absolute Gasteiger partial charge is 0.469 e. The molecule has 0 aromatic carbocycles. The number of ether oxygens (including phenoxy) is 1. The second kappa shape index (κ2) is 9.39. The van der Waals surface area contributed by atoms with Gasteiger partial charge in [0, 0.05) is 27.1 Å². The third kappa shape index (κ3) is 7.01. The smallest absolute Gasteiger partial charge is 0.305 e. The molecule has 0 aromatic heterocycles. The Morgan fingerprint density at radius 2 is 2.00 bits per heavy atom. The van der Waals surface area contributed by atoms with Crippen molar-refractivity contribution in [1.29, 1.82) is 0 Å². The van der Waals surface area contributed by atoms with Gasteiger partial charge < -0.3 is 10.1 Å². The molecule has 0 amide bonds. The normalized spacial score (nSPS) is 19.6.